The Morgan fingerprint density at radius 2 is 1.75 bits per heavy atom. The van der Waals surface area contributed by atoms with Gasteiger partial charge in [0.15, 0.2) is 0 Å². The van der Waals surface area contributed by atoms with Crippen LogP contribution in [0.1, 0.15) is 58.4 Å². The van der Waals surface area contributed by atoms with Crippen LogP contribution in [0.25, 0.3) is 0 Å². The van der Waals surface area contributed by atoms with Gasteiger partial charge in [0.25, 0.3) is 0 Å². The molecule has 1 saturated carbocycles. The lowest BCUT2D eigenvalue weighted by Crippen LogP contribution is -2.24. The molecule has 0 N–H and O–H groups in total. The Bertz CT molecular complexity index is 454. The number of para-hydroxylation sites is 1. The molecule has 0 bridgehead atoms. The van der Waals surface area contributed by atoms with Gasteiger partial charge in [-0.1, -0.05) is 45.4 Å². The monoisotopic (exact) mass is 276 g/mol. The Kier molecular flexibility index (Phi) is 4.69. The zero-order chi connectivity index (χ0) is 14.6. The molecular weight excluding hydrogens is 252 g/mol. The van der Waals surface area contributed by atoms with Gasteiger partial charge in [-0.25, -0.2) is 4.79 Å². The van der Waals surface area contributed by atoms with Crippen molar-refractivity contribution in [1.29, 1.82) is 0 Å². The molecule has 1 aliphatic rings. The molecule has 0 radical (unpaired) electrons. The van der Waals surface area contributed by atoms with E-state index in [0.29, 0.717) is 5.75 Å². The first-order valence-electron chi connectivity index (χ1n) is 7.45. The predicted octanol–water partition coefficient (Wildman–Crippen LogP) is 4.83. The fraction of sp³-hybridized carbons (Fsp3) is 0.588. The van der Waals surface area contributed by atoms with Gasteiger partial charge in [0.05, 0.1) is 0 Å². The second kappa shape index (κ2) is 6.29. The van der Waals surface area contributed by atoms with E-state index in [1.807, 2.05) is 24.3 Å². The second-order valence-electron chi connectivity index (χ2n) is 6.48. The molecule has 0 aromatic heterocycles. The van der Waals surface area contributed by atoms with Gasteiger partial charge in [-0.05, 0) is 37.2 Å². The van der Waals surface area contributed by atoms with E-state index >= 15 is 0 Å². The lowest BCUT2D eigenvalue weighted by molar-refractivity contribution is 0.0413. The lowest BCUT2D eigenvalue weighted by atomic mass is 9.86. The zero-order valence-electron chi connectivity index (χ0n) is 12.6. The van der Waals surface area contributed by atoms with Gasteiger partial charge in [0, 0.05) is 5.56 Å². The van der Waals surface area contributed by atoms with Crippen LogP contribution in [0.3, 0.4) is 0 Å². The molecule has 1 aromatic rings. The van der Waals surface area contributed by atoms with Crippen molar-refractivity contribution < 1.29 is 14.3 Å². The molecule has 0 spiro atoms. The molecule has 0 saturated heterocycles. The van der Waals surface area contributed by atoms with E-state index in [-0.39, 0.29) is 11.5 Å². The van der Waals surface area contributed by atoms with Crippen molar-refractivity contribution in [2.24, 2.45) is 0 Å². The van der Waals surface area contributed by atoms with Crippen LogP contribution in [0.5, 0.6) is 5.75 Å². The topological polar surface area (TPSA) is 35.5 Å². The summed E-state index contributed by atoms with van der Waals surface area (Å²) < 4.78 is 10.8. The van der Waals surface area contributed by atoms with Crippen LogP contribution >= 0.6 is 0 Å². The summed E-state index contributed by atoms with van der Waals surface area (Å²) in [5.74, 6) is 0.598. The summed E-state index contributed by atoms with van der Waals surface area (Å²) in [6.45, 7) is 6.30. The minimum absolute atomic E-state index is 0.0260. The van der Waals surface area contributed by atoms with Crippen molar-refractivity contribution in [3.05, 3.63) is 29.8 Å². The Labute approximate surface area is 121 Å². The zero-order valence-corrected chi connectivity index (χ0v) is 12.6. The number of benzene rings is 1. The molecule has 0 atom stereocenters. The summed E-state index contributed by atoms with van der Waals surface area (Å²) in [6.07, 6.45) is 4.87. The highest BCUT2D eigenvalue weighted by Gasteiger charge is 2.23. The maximum Gasteiger partial charge on any atom is 0.514 e. The quantitative estimate of drug-likeness (QED) is 0.573. The van der Waals surface area contributed by atoms with Gasteiger partial charge >= 0.3 is 6.16 Å². The number of hydrogen-bond donors (Lipinski definition) is 0. The normalized spacial score (nSPS) is 16.8. The fourth-order valence-corrected chi connectivity index (χ4v) is 2.61. The number of hydrogen-bond acceptors (Lipinski definition) is 3. The van der Waals surface area contributed by atoms with Crippen molar-refractivity contribution in [1.82, 2.24) is 0 Å². The van der Waals surface area contributed by atoms with Crippen LogP contribution in [0.15, 0.2) is 24.3 Å². The Hall–Kier alpha value is -1.51. The van der Waals surface area contributed by atoms with Gasteiger partial charge in [0.1, 0.15) is 11.9 Å². The summed E-state index contributed by atoms with van der Waals surface area (Å²) in [5.41, 5.74) is 0.947. The molecule has 0 aliphatic heterocycles. The van der Waals surface area contributed by atoms with Crippen molar-refractivity contribution in [2.75, 3.05) is 0 Å². The van der Waals surface area contributed by atoms with Gasteiger partial charge < -0.3 is 9.47 Å². The Morgan fingerprint density at radius 1 is 1.10 bits per heavy atom. The van der Waals surface area contributed by atoms with Crippen LogP contribution in [-0.2, 0) is 10.2 Å². The molecule has 3 nitrogen and oxygen atoms in total. The average molecular weight is 276 g/mol. The van der Waals surface area contributed by atoms with Crippen molar-refractivity contribution in [2.45, 2.75) is 64.4 Å². The Balaban J connectivity index is 2.00. The number of carbonyl (C=O) groups is 1. The van der Waals surface area contributed by atoms with Crippen molar-refractivity contribution in [3.8, 4) is 5.75 Å². The molecule has 110 valence electrons. The molecule has 0 heterocycles. The third-order valence-electron chi connectivity index (χ3n) is 3.70. The largest absolute Gasteiger partial charge is 0.514 e. The highest BCUT2D eigenvalue weighted by Crippen LogP contribution is 2.31. The smallest absolute Gasteiger partial charge is 0.431 e. The van der Waals surface area contributed by atoms with Gasteiger partial charge in [-0.2, -0.15) is 0 Å². The minimum Gasteiger partial charge on any atom is -0.431 e. The molecule has 1 aliphatic carbocycles. The molecule has 0 amide bonds. The number of carbonyl (C=O) groups excluding carboxylic acids is 1. The highest BCUT2D eigenvalue weighted by atomic mass is 16.7. The molecular formula is C17H24O3. The first kappa shape index (κ1) is 14.9. The van der Waals surface area contributed by atoms with E-state index in [2.05, 4.69) is 20.8 Å². The van der Waals surface area contributed by atoms with E-state index in [9.17, 15) is 4.79 Å². The van der Waals surface area contributed by atoms with E-state index in [1.165, 1.54) is 6.42 Å². The standard InChI is InChI=1S/C17H24O3/c1-17(2,3)14-11-7-8-12-15(14)20-16(18)19-13-9-5-4-6-10-13/h7-8,11-13H,4-6,9-10H2,1-3H3. The van der Waals surface area contributed by atoms with E-state index in [0.717, 1.165) is 31.2 Å². The van der Waals surface area contributed by atoms with E-state index in [4.69, 9.17) is 9.47 Å². The molecule has 1 fully saturated rings. The summed E-state index contributed by atoms with van der Waals surface area (Å²) in [6, 6.07) is 7.64. The third kappa shape index (κ3) is 3.99. The summed E-state index contributed by atoms with van der Waals surface area (Å²) in [4.78, 5) is 11.9. The molecule has 2 rings (SSSR count). The number of rotatable bonds is 2. The first-order valence-corrected chi connectivity index (χ1v) is 7.45. The van der Waals surface area contributed by atoms with Crippen molar-refractivity contribution >= 4 is 6.16 Å². The third-order valence-corrected chi connectivity index (χ3v) is 3.70. The summed E-state index contributed by atoms with van der Waals surface area (Å²) in [5, 5.41) is 0. The highest BCUT2D eigenvalue weighted by molar-refractivity contribution is 5.65. The van der Waals surface area contributed by atoms with Gasteiger partial charge in [-0.3, -0.25) is 0 Å². The minimum atomic E-state index is -0.575. The number of ether oxygens (including phenoxy) is 2. The molecule has 3 heteroatoms. The predicted molar refractivity (Wildman–Crippen MR) is 79.1 cm³/mol. The summed E-state index contributed by atoms with van der Waals surface area (Å²) in [7, 11) is 0. The van der Waals surface area contributed by atoms with E-state index in [1.54, 1.807) is 0 Å². The maximum atomic E-state index is 11.9. The van der Waals surface area contributed by atoms with Crippen LogP contribution in [-0.4, -0.2) is 12.3 Å². The van der Waals surface area contributed by atoms with Gasteiger partial charge in [-0.15, -0.1) is 0 Å². The fourth-order valence-electron chi connectivity index (χ4n) is 2.61. The van der Waals surface area contributed by atoms with Gasteiger partial charge in [0.2, 0.25) is 0 Å². The molecule has 1 aromatic carbocycles. The molecule has 20 heavy (non-hydrogen) atoms. The Morgan fingerprint density at radius 3 is 2.40 bits per heavy atom. The average Bonchev–Trinajstić information content (AvgIpc) is 2.39. The molecule has 0 unspecified atom stereocenters. The van der Waals surface area contributed by atoms with Crippen LogP contribution in [0.4, 0.5) is 4.79 Å². The van der Waals surface area contributed by atoms with Crippen LogP contribution in [0, 0.1) is 0 Å². The maximum absolute atomic E-state index is 11.9. The second-order valence-corrected chi connectivity index (χ2v) is 6.48. The summed E-state index contributed by atoms with van der Waals surface area (Å²) >= 11 is 0. The van der Waals surface area contributed by atoms with Crippen LogP contribution < -0.4 is 4.74 Å². The SMILES string of the molecule is CC(C)(C)c1ccccc1OC(=O)OC1CCCCC1. The van der Waals surface area contributed by atoms with E-state index < -0.39 is 6.16 Å². The van der Waals surface area contributed by atoms with Crippen molar-refractivity contribution in [3.63, 3.8) is 0 Å². The van der Waals surface area contributed by atoms with Crippen LogP contribution in [0.2, 0.25) is 0 Å². The first-order chi connectivity index (χ1) is 9.47. The lowest BCUT2D eigenvalue weighted by Gasteiger charge is -2.24.